The Morgan fingerprint density at radius 2 is 2.26 bits per heavy atom. The Kier molecular flexibility index (Phi) is 5.95. The van der Waals surface area contributed by atoms with Gasteiger partial charge in [0.15, 0.2) is 0 Å². The number of nitro benzene ring substituents is 1. The summed E-state index contributed by atoms with van der Waals surface area (Å²) in [6.45, 7) is 2.21. The van der Waals surface area contributed by atoms with Crippen molar-refractivity contribution < 1.29 is 9.72 Å². The molecular weight excluding hydrogens is 246 g/mol. The van der Waals surface area contributed by atoms with Crippen LogP contribution in [0.3, 0.4) is 0 Å². The van der Waals surface area contributed by atoms with E-state index >= 15 is 0 Å². The molecular formula is C13H19N3O3. The summed E-state index contributed by atoms with van der Waals surface area (Å²) < 4.78 is 0. The van der Waals surface area contributed by atoms with Gasteiger partial charge in [0.05, 0.1) is 4.92 Å². The van der Waals surface area contributed by atoms with E-state index in [1.165, 1.54) is 12.1 Å². The summed E-state index contributed by atoms with van der Waals surface area (Å²) in [5.74, 6) is -0.0628. The number of nitrogens with two attached hydrogens (primary N) is 1. The first kappa shape index (κ1) is 15.1. The Bertz CT molecular complexity index is 447. The van der Waals surface area contributed by atoms with E-state index in [9.17, 15) is 14.9 Å². The van der Waals surface area contributed by atoms with Crippen molar-refractivity contribution in [2.75, 3.05) is 0 Å². The number of amides is 1. The van der Waals surface area contributed by atoms with E-state index in [1.54, 1.807) is 12.1 Å². The predicted molar refractivity (Wildman–Crippen MR) is 72.4 cm³/mol. The molecule has 1 aromatic carbocycles. The van der Waals surface area contributed by atoms with Gasteiger partial charge < -0.3 is 11.1 Å². The molecule has 104 valence electrons. The molecule has 1 aromatic rings. The van der Waals surface area contributed by atoms with Crippen LogP contribution in [0.2, 0.25) is 0 Å². The predicted octanol–water partition coefficient (Wildman–Crippen LogP) is 1.73. The van der Waals surface area contributed by atoms with Crippen LogP contribution in [0.15, 0.2) is 24.3 Å². The van der Waals surface area contributed by atoms with Gasteiger partial charge in [0, 0.05) is 31.1 Å². The number of hydrogen-bond donors (Lipinski definition) is 2. The summed E-state index contributed by atoms with van der Waals surface area (Å²) in [5, 5.41) is 13.3. The normalized spacial score (nSPS) is 11.9. The quantitative estimate of drug-likeness (QED) is 0.579. The molecule has 1 unspecified atom stereocenters. The fourth-order valence-electron chi connectivity index (χ4n) is 1.65. The summed E-state index contributed by atoms with van der Waals surface area (Å²) in [6.07, 6.45) is 1.99. The molecule has 1 rings (SSSR count). The molecule has 1 atom stereocenters. The minimum Gasteiger partial charge on any atom is -0.352 e. The van der Waals surface area contributed by atoms with E-state index in [4.69, 9.17) is 5.73 Å². The summed E-state index contributed by atoms with van der Waals surface area (Å²) >= 11 is 0. The maximum absolute atomic E-state index is 11.5. The van der Waals surface area contributed by atoms with Crippen LogP contribution >= 0.6 is 0 Å². The maximum Gasteiger partial charge on any atom is 0.269 e. The van der Waals surface area contributed by atoms with Gasteiger partial charge in [0.25, 0.3) is 5.69 Å². The second-order valence-electron chi connectivity index (χ2n) is 4.57. The summed E-state index contributed by atoms with van der Waals surface area (Å²) in [7, 11) is 0. The molecule has 6 heteroatoms. The minimum absolute atomic E-state index is 0.0312. The molecule has 0 radical (unpaired) electrons. The molecule has 0 aliphatic heterocycles. The van der Waals surface area contributed by atoms with Gasteiger partial charge in [-0.1, -0.05) is 12.1 Å². The van der Waals surface area contributed by atoms with E-state index in [0.29, 0.717) is 13.0 Å². The summed E-state index contributed by atoms with van der Waals surface area (Å²) in [6, 6.07) is 6.34. The van der Waals surface area contributed by atoms with Crippen LogP contribution in [-0.4, -0.2) is 16.9 Å². The number of nitro groups is 1. The molecule has 0 saturated carbocycles. The molecule has 0 aliphatic carbocycles. The first-order valence-corrected chi connectivity index (χ1v) is 6.24. The van der Waals surface area contributed by atoms with Crippen molar-refractivity contribution in [3.8, 4) is 0 Å². The van der Waals surface area contributed by atoms with Crippen LogP contribution in [0.4, 0.5) is 5.69 Å². The van der Waals surface area contributed by atoms with Crippen molar-refractivity contribution in [3.63, 3.8) is 0 Å². The third-order valence-electron chi connectivity index (χ3n) is 2.67. The molecule has 1 amide bonds. The molecule has 0 saturated heterocycles. The van der Waals surface area contributed by atoms with Crippen molar-refractivity contribution in [1.82, 2.24) is 5.32 Å². The van der Waals surface area contributed by atoms with Gasteiger partial charge in [-0.05, 0) is 25.3 Å². The molecule has 0 spiro atoms. The largest absolute Gasteiger partial charge is 0.352 e. The SMILES string of the molecule is CC(N)CCCC(=O)NCc1cccc([N+](=O)[O-])c1. The average molecular weight is 265 g/mol. The van der Waals surface area contributed by atoms with Gasteiger partial charge in [-0.2, -0.15) is 0 Å². The molecule has 3 N–H and O–H groups in total. The second kappa shape index (κ2) is 7.48. The van der Waals surface area contributed by atoms with E-state index < -0.39 is 4.92 Å². The lowest BCUT2D eigenvalue weighted by Crippen LogP contribution is -2.23. The topological polar surface area (TPSA) is 98.3 Å². The number of carbonyl (C=O) groups excluding carboxylic acids is 1. The maximum atomic E-state index is 11.5. The van der Waals surface area contributed by atoms with E-state index in [1.807, 2.05) is 6.92 Å². The molecule has 0 bridgehead atoms. The van der Waals surface area contributed by atoms with Crippen molar-refractivity contribution >= 4 is 11.6 Å². The lowest BCUT2D eigenvalue weighted by Gasteiger charge is -2.06. The van der Waals surface area contributed by atoms with Gasteiger partial charge in [-0.15, -0.1) is 0 Å². The Morgan fingerprint density at radius 3 is 2.89 bits per heavy atom. The van der Waals surface area contributed by atoms with E-state index in [-0.39, 0.29) is 17.6 Å². The number of carbonyl (C=O) groups is 1. The molecule has 0 fully saturated rings. The van der Waals surface area contributed by atoms with Crippen LogP contribution in [-0.2, 0) is 11.3 Å². The lowest BCUT2D eigenvalue weighted by molar-refractivity contribution is -0.384. The number of nitrogens with one attached hydrogen (secondary N) is 1. The van der Waals surface area contributed by atoms with Crippen molar-refractivity contribution in [1.29, 1.82) is 0 Å². The van der Waals surface area contributed by atoms with Gasteiger partial charge in [0.2, 0.25) is 5.91 Å². The standard InChI is InChI=1S/C13H19N3O3/c1-10(14)4-2-7-13(17)15-9-11-5-3-6-12(8-11)16(18)19/h3,5-6,8,10H,2,4,7,9,14H2,1H3,(H,15,17). The zero-order valence-electron chi connectivity index (χ0n) is 11.0. The monoisotopic (exact) mass is 265 g/mol. The van der Waals surface area contributed by atoms with Gasteiger partial charge in [-0.3, -0.25) is 14.9 Å². The van der Waals surface area contributed by atoms with Crippen LogP contribution in [0.5, 0.6) is 0 Å². The first-order chi connectivity index (χ1) is 8.99. The molecule has 0 aliphatic rings. The van der Waals surface area contributed by atoms with Crippen molar-refractivity contribution in [2.24, 2.45) is 5.73 Å². The van der Waals surface area contributed by atoms with Crippen molar-refractivity contribution in [2.45, 2.75) is 38.8 Å². The fourth-order valence-corrected chi connectivity index (χ4v) is 1.65. The fraction of sp³-hybridized carbons (Fsp3) is 0.462. The summed E-state index contributed by atoms with van der Waals surface area (Å²) in [5.41, 5.74) is 6.34. The highest BCUT2D eigenvalue weighted by Crippen LogP contribution is 2.12. The molecule has 0 heterocycles. The third-order valence-corrected chi connectivity index (χ3v) is 2.67. The third kappa shape index (κ3) is 5.96. The smallest absolute Gasteiger partial charge is 0.269 e. The molecule has 19 heavy (non-hydrogen) atoms. The highest BCUT2D eigenvalue weighted by Gasteiger charge is 2.07. The lowest BCUT2D eigenvalue weighted by atomic mass is 10.1. The van der Waals surface area contributed by atoms with Gasteiger partial charge in [-0.25, -0.2) is 0 Å². The second-order valence-corrected chi connectivity index (χ2v) is 4.57. The highest BCUT2D eigenvalue weighted by molar-refractivity contribution is 5.75. The average Bonchev–Trinajstić information content (AvgIpc) is 2.36. The number of hydrogen-bond acceptors (Lipinski definition) is 4. The molecule has 6 nitrogen and oxygen atoms in total. The Morgan fingerprint density at radius 1 is 1.53 bits per heavy atom. The highest BCUT2D eigenvalue weighted by atomic mass is 16.6. The first-order valence-electron chi connectivity index (χ1n) is 6.24. The Hall–Kier alpha value is -1.95. The number of non-ortho nitro benzene ring substituents is 1. The van der Waals surface area contributed by atoms with Crippen LogP contribution in [0.25, 0.3) is 0 Å². The van der Waals surface area contributed by atoms with Gasteiger partial charge >= 0.3 is 0 Å². The van der Waals surface area contributed by atoms with Crippen LogP contribution in [0, 0.1) is 10.1 Å². The van der Waals surface area contributed by atoms with Gasteiger partial charge in [0.1, 0.15) is 0 Å². The minimum atomic E-state index is -0.450. The number of rotatable bonds is 7. The summed E-state index contributed by atoms with van der Waals surface area (Å²) in [4.78, 5) is 21.7. The Balaban J connectivity index is 2.37. The van der Waals surface area contributed by atoms with E-state index in [2.05, 4.69) is 5.32 Å². The zero-order chi connectivity index (χ0) is 14.3. The Labute approximate surface area is 112 Å². The van der Waals surface area contributed by atoms with Crippen LogP contribution in [0.1, 0.15) is 31.7 Å². The zero-order valence-corrected chi connectivity index (χ0v) is 11.0. The number of benzene rings is 1. The van der Waals surface area contributed by atoms with E-state index in [0.717, 1.165) is 18.4 Å². The number of nitrogens with zero attached hydrogens (tertiary/aromatic N) is 1. The van der Waals surface area contributed by atoms with Crippen molar-refractivity contribution in [3.05, 3.63) is 39.9 Å². The molecule has 0 aromatic heterocycles. The van der Waals surface area contributed by atoms with Crippen LogP contribution < -0.4 is 11.1 Å².